The van der Waals surface area contributed by atoms with Gasteiger partial charge in [-0.05, 0) is 31.1 Å². The van der Waals surface area contributed by atoms with E-state index in [0.29, 0.717) is 19.3 Å². The molecule has 0 aliphatic heterocycles. The van der Waals surface area contributed by atoms with E-state index in [1.165, 1.54) is 218 Å². The Morgan fingerprint density at radius 2 is 0.508 bits per heavy atom. The number of hydrogen-bond donors (Lipinski definition) is 0. The molecular formula is C59H114O6. The van der Waals surface area contributed by atoms with Crippen LogP contribution in [0.15, 0.2) is 0 Å². The monoisotopic (exact) mass is 919 g/mol. The molecular weight excluding hydrogens is 805 g/mol. The lowest BCUT2D eigenvalue weighted by atomic mass is 10.0. The van der Waals surface area contributed by atoms with Crippen molar-refractivity contribution in [2.75, 3.05) is 13.2 Å². The highest BCUT2D eigenvalue weighted by molar-refractivity contribution is 5.71. The zero-order valence-corrected chi connectivity index (χ0v) is 44.6. The molecule has 0 saturated heterocycles. The van der Waals surface area contributed by atoms with E-state index in [-0.39, 0.29) is 31.1 Å². The maximum absolute atomic E-state index is 12.8. The van der Waals surface area contributed by atoms with Crippen molar-refractivity contribution < 1.29 is 28.6 Å². The van der Waals surface area contributed by atoms with Gasteiger partial charge in [-0.3, -0.25) is 14.4 Å². The SMILES string of the molecule is CCCCCCCCCCCCCCCCC(=O)OC[C@H](COC(=O)CCCCCCCCCCCCCCCCCCC(C)C)OC(=O)CCCCCCCCCCCCCC(C)C. The summed E-state index contributed by atoms with van der Waals surface area (Å²) in [5.41, 5.74) is 0. The van der Waals surface area contributed by atoms with E-state index < -0.39 is 6.10 Å². The maximum Gasteiger partial charge on any atom is 0.306 e. The van der Waals surface area contributed by atoms with Crippen LogP contribution in [-0.2, 0) is 28.6 Å². The quantitative estimate of drug-likeness (QED) is 0.0344. The van der Waals surface area contributed by atoms with E-state index in [4.69, 9.17) is 14.2 Å². The Morgan fingerprint density at radius 1 is 0.292 bits per heavy atom. The molecule has 0 bridgehead atoms. The summed E-state index contributed by atoms with van der Waals surface area (Å²) in [4.78, 5) is 38.1. The third kappa shape index (κ3) is 53.2. The molecule has 0 heterocycles. The molecule has 0 aromatic rings. The van der Waals surface area contributed by atoms with Crippen molar-refractivity contribution in [1.29, 1.82) is 0 Å². The van der Waals surface area contributed by atoms with Crippen LogP contribution in [0.25, 0.3) is 0 Å². The van der Waals surface area contributed by atoms with Crippen LogP contribution in [0.1, 0.15) is 330 Å². The van der Waals surface area contributed by atoms with Crippen molar-refractivity contribution in [1.82, 2.24) is 0 Å². The lowest BCUT2D eigenvalue weighted by Gasteiger charge is -2.18. The zero-order chi connectivity index (χ0) is 47.5. The molecule has 386 valence electrons. The first-order valence-corrected chi connectivity index (χ1v) is 29.2. The summed E-state index contributed by atoms with van der Waals surface area (Å²) in [7, 11) is 0. The van der Waals surface area contributed by atoms with E-state index in [1.807, 2.05) is 0 Å². The molecule has 0 radical (unpaired) electrons. The van der Waals surface area contributed by atoms with Crippen LogP contribution < -0.4 is 0 Å². The second kappa shape index (κ2) is 51.8. The Bertz CT molecular complexity index is 993. The first kappa shape index (κ1) is 63.4. The number of rotatable bonds is 53. The van der Waals surface area contributed by atoms with Crippen molar-refractivity contribution in [3.63, 3.8) is 0 Å². The van der Waals surface area contributed by atoms with Crippen molar-refractivity contribution >= 4 is 17.9 Å². The largest absolute Gasteiger partial charge is 0.462 e. The summed E-state index contributed by atoms with van der Waals surface area (Å²) in [6.07, 6.45) is 55.2. The van der Waals surface area contributed by atoms with E-state index in [2.05, 4.69) is 34.6 Å². The average molecular weight is 920 g/mol. The zero-order valence-electron chi connectivity index (χ0n) is 44.6. The normalized spacial score (nSPS) is 12.0. The molecule has 6 nitrogen and oxygen atoms in total. The lowest BCUT2D eigenvalue weighted by molar-refractivity contribution is -0.167. The molecule has 0 spiro atoms. The minimum absolute atomic E-state index is 0.0626. The Labute approximate surface area is 406 Å². The van der Waals surface area contributed by atoms with Gasteiger partial charge in [0.05, 0.1) is 0 Å². The number of esters is 3. The van der Waals surface area contributed by atoms with Crippen LogP contribution in [0.3, 0.4) is 0 Å². The van der Waals surface area contributed by atoms with Crippen molar-refractivity contribution in [3.05, 3.63) is 0 Å². The van der Waals surface area contributed by atoms with Crippen LogP contribution in [0, 0.1) is 11.8 Å². The summed E-state index contributed by atoms with van der Waals surface area (Å²) in [5, 5.41) is 0. The van der Waals surface area contributed by atoms with Crippen LogP contribution >= 0.6 is 0 Å². The topological polar surface area (TPSA) is 78.9 Å². The molecule has 0 rings (SSSR count). The van der Waals surface area contributed by atoms with Crippen LogP contribution in [0.4, 0.5) is 0 Å². The highest BCUT2D eigenvalue weighted by Crippen LogP contribution is 2.18. The van der Waals surface area contributed by atoms with Crippen molar-refractivity contribution in [3.8, 4) is 0 Å². The van der Waals surface area contributed by atoms with Gasteiger partial charge < -0.3 is 14.2 Å². The van der Waals surface area contributed by atoms with Crippen molar-refractivity contribution in [2.45, 2.75) is 336 Å². The standard InChI is InChI=1S/C59H114O6/c1-6-7-8-9-10-11-12-13-19-24-29-34-39-44-49-57(60)63-52-56(65-59(62)51-46-41-36-31-26-21-23-28-33-38-43-48-55(4)5)53-64-58(61)50-45-40-35-30-25-20-17-15-14-16-18-22-27-32-37-42-47-54(2)3/h54-56H,6-53H2,1-5H3/t56-/m1/s1. The number of ether oxygens (including phenoxy) is 3. The van der Waals surface area contributed by atoms with Gasteiger partial charge in [0.2, 0.25) is 0 Å². The smallest absolute Gasteiger partial charge is 0.306 e. The third-order valence-electron chi connectivity index (χ3n) is 13.5. The molecule has 0 N–H and O–H groups in total. The van der Waals surface area contributed by atoms with Gasteiger partial charge in [-0.2, -0.15) is 0 Å². The van der Waals surface area contributed by atoms with E-state index >= 15 is 0 Å². The predicted molar refractivity (Wildman–Crippen MR) is 280 cm³/mol. The lowest BCUT2D eigenvalue weighted by Crippen LogP contribution is -2.30. The van der Waals surface area contributed by atoms with Gasteiger partial charge in [-0.25, -0.2) is 0 Å². The Hall–Kier alpha value is -1.59. The van der Waals surface area contributed by atoms with E-state index in [0.717, 1.165) is 69.6 Å². The van der Waals surface area contributed by atoms with Gasteiger partial charge in [0, 0.05) is 19.3 Å². The van der Waals surface area contributed by atoms with Gasteiger partial charge in [-0.1, -0.05) is 291 Å². The highest BCUT2D eigenvalue weighted by Gasteiger charge is 2.19. The van der Waals surface area contributed by atoms with Crippen LogP contribution in [-0.4, -0.2) is 37.2 Å². The Balaban J connectivity index is 4.27. The fourth-order valence-corrected chi connectivity index (χ4v) is 9.05. The Morgan fingerprint density at radius 3 is 0.754 bits per heavy atom. The van der Waals surface area contributed by atoms with Gasteiger partial charge in [0.15, 0.2) is 6.10 Å². The molecule has 0 aromatic carbocycles. The van der Waals surface area contributed by atoms with Gasteiger partial charge in [0.1, 0.15) is 13.2 Å². The minimum Gasteiger partial charge on any atom is -0.462 e. The van der Waals surface area contributed by atoms with Gasteiger partial charge in [0.25, 0.3) is 0 Å². The fraction of sp³-hybridized carbons (Fsp3) is 0.949. The Kier molecular flexibility index (Phi) is 50.5. The molecule has 0 amide bonds. The molecule has 0 fully saturated rings. The summed E-state index contributed by atoms with van der Waals surface area (Å²) in [6.45, 7) is 11.4. The van der Waals surface area contributed by atoms with Crippen LogP contribution in [0.5, 0.6) is 0 Å². The van der Waals surface area contributed by atoms with E-state index in [9.17, 15) is 14.4 Å². The van der Waals surface area contributed by atoms with E-state index in [1.54, 1.807) is 0 Å². The molecule has 6 heteroatoms. The first-order chi connectivity index (χ1) is 31.7. The summed E-state index contributed by atoms with van der Waals surface area (Å²) in [5.74, 6) is 0.839. The fourth-order valence-electron chi connectivity index (χ4n) is 9.05. The number of carbonyl (C=O) groups excluding carboxylic acids is 3. The molecule has 65 heavy (non-hydrogen) atoms. The summed E-state index contributed by atoms with van der Waals surface area (Å²) < 4.78 is 16.9. The molecule has 1 atom stereocenters. The third-order valence-corrected chi connectivity index (χ3v) is 13.5. The predicted octanol–water partition coefficient (Wildman–Crippen LogP) is 19.3. The number of hydrogen-bond acceptors (Lipinski definition) is 6. The maximum atomic E-state index is 12.8. The summed E-state index contributed by atoms with van der Waals surface area (Å²) in [6, 6.07) is 0. The second-order valence-electron chi connectivity index (χ2n) is 21.2. The molecule has 0 saturated carbocycles. The van der Waals surface area contributed by atoms with Crippen LogP contribution in [0.2, 0.25) is 0 Å². The molecule has 0 aliphatic carbocycles. The number of unbranched alkanes of at least 4 members (excludes halogenated alkanes) is 38. The molecule has 0 aromatic heterocycles. The van der Waals surface area contributed by atoms with Gasteiger partial charge in [-0.15, -0.1) is 0 Å². The molecule has 0 unspecified atom stereocenters. The van der Waals surface area contributed by atoms with Gasteiger partial charge >= 0.3 is 17.9 Å². The van der Waals surface area contributed by atoms with Crippen molar-refractivity contribution in [2.24, 2.45) is 11.8 Å². The molecule has 0 aliphatic rings. The number of carbonyl (C=O) groups is 3. The average Bonchev–Trinajstić information content (AvgIpc) is 3.28. The highest BCUT2D eigenvalue weighted by atomic mass is 16.6. The summed E-state index contributed by atoms with van der Waals surface area (Å²) >= 11 is 0. The minimum atomic E-state index is -0.762. The first-order valence-electron chi connectivity index (χ1n) is 29.2. The second-order valence-corrected chi connectivity index (χ2v) is 21.2.